The number of anilines is 2. The van der Waals surface area contributed by atoms with Crippen LogP contribution in [0.25, 0.3) is 0 Å². The molecule has 6 nitrogen and oxygen atoms in total. The van der Waals surface area contributed by atoms with Gasteiger partial charge in [0.15, 0.2) is 0 Å². The molecule has 2 aromatic rings. The van der Waals surface area contributed by atoms with Crippen molar-refractivity contribution in [2.24, 2.45) is 0 Å². The van der Waals surface area contributed by atoms with E-state index in [1.54, 1.807) is 33.0 Å². The van der Waals surface area contributed by atoms with Crippen LogP contribution in [0.5, 0.6) is 0 Å². The molecule has 3 N–H and O–H groups in total. The largest absolute Gasteiger partial charge is 0.444 e. The Kier molecular flexibility index (Phi) is 4.88. The minimum atomic E-state index is -0.699. The molecule has 0 radical (unpaired) electrons. The number of benzene rings is 1. The van der Waals surface area contributed by atoms with Gasteiger partial charge in [-0.15, -0.1) is 0 Å². The second kappa shape index (κ2) is 6.68. The molecule has 0 saturated carbocycles. The Balaban J connectivity index is 2.08. The van der Waals surface area contributed by atoms with Gasteiger partial charge in [-0.05, 0) is 52.0 Å². The Morgan fingerprint density at radius 3 is 2.70 bits per heavy atom. The van der Waals surface area contributed by atoms with Crippen molar-refractivity contribution in [1.29, 1.82) is 0 Å². The van der Waals surface area contributed by atoms with Crippen molar-refractivity contribution < 1.29 is 13.9 Å². The molecule has 0 aliphatic carbocycles. The van der Waals surface area contributed by atoms with Crippen molar-refractivity contribution in [1.82, 2.24) is 10.2 Å². The van der Waals surface area contributed by atoms with E-state index in [0.717, 1.165) is 5.69 Å². The molecule has 1 aromatic carbocycles. The number of ether oxygens (including phenoxy) is 1. The Hall–Kier alpha value is -2.57. The summed E-state index contributed by atoms with van der Waals surface area (Å²) in [5.41, 5.74) is 0.975. The van der Waals surface area contributed by atoms with Gasteiger partial charge in [0.1, 0.15) is 11.4 Å². The molecule has 0 fully saturated rings. The number of hydrogen-bond donors (Lipinski definition) is 3. The Morgan fingerprint density at radius 2 is 2.09 bits per heavy atom. The first-order valence-corrected chi connectivity index (χ1v) is 7.30. The van der Waals surface area contributed by atoms with Crippen LogP contribution in [0.1, 0.15) is 39.4 Å². The normalized spacial score (nSPS) is 12.6. The minimum Gasteiger partial charge on any atom is -0.444 e. The molecule has 1 atom stereocenters. The lowest BCUT2D eigenvalue weighted by Gasteiger charge is -2.20. The van der Waals surface area contributed by atoms with Crippen LogP contribution < -0.4 is 10.6 Å². The average molecular weight is 320 g/mol. The molecule has 1 aromatic heterocycles. The van der Waals surface area contributed by atoms with Gasteiger partial charge in [0.05, 0.1) is 17.4 Å². The number of H-pyrrole nitrogens is 1. The van der Waals surface area contributed by atoms with Crippen molar-refractivity contribution >= 4 is 17.5 Å². The average Bonchev–Trinajstić information content (AvgIpc) is 2.94. The Morgan fingerprint density at radius 1 is 1.35 bits per heavy atom. The van der Waals surface area contributed by atoms with E-state index in [1.807, 2.05) is 13.0 Å². The molecule has 0 bridgehead atoms. The number of amides is 1. The number of carbonyl (C=O) groups is 1. The lowest BCUT2D eigenvalue weighted by Crippen LogP contribution is -2.27. The van der Waals surface area contributed by atoms with E-state index in [9.17, 15) is 9.18 Å². The summed E-state index contributed by atoms with van der Waals surface area (Å²) in [5.74, 6) is -0.532. The van der Waals surface area contributed by atoms with Crippen molar-refractivity contribution in [3.8, 4) is 0 Å². The van der Waals surface area contributed by atoms with Gasteiger partial charge in [-0.2, -0.15) is 5.10 Å². The highest BCUT2D eigenvalue weighted by Gasteiger charge is 2.17. The zero-order valence-corrected chi connectivity index (χ0v) is 13.6. The topological polar surface area (TPSA) is 79.0 Å². The molecule has 1 amide bonds. The first-order valence-electron chi connectivity index (χ1n) is 7.30. The first-order chi connectivity index (χ1) is 10.7. The predicted octanol–water partition coefficient (Wildman–Crippen LogP) is 4.07. The van der Waals surface area contributed by atoms with E-state index >= 15 is 0 Å². The van der Waals surface area contributed by atoms with E-state index < -0.39 is 17.5 Å². The van der Waals surface area contributed by atoms with Crippen LogP contribution in [0.2, 0.25) is 0 Å². The van der Waals surface area contributed by atoms with Crippen LogP contribution in [-0.2, 0) is 4.74 Å². The fraction of sp³-hybridized carbons (Fsp3) is 0.375. The molecule has 0 saturated heterocycles. The van der Waals surface area contributed by atoms with Crippen LogP contribution in [0.3, 0.4) is 0 Å². The summed E-state index contributed by atoms with van der Waals surface area (Å²) in [6, 6.07) is 6.21. The number of halogens is 1. The van der Waals surface area contributed by atoms with E-state index in [4.69, 9.17) is 4.74 Å². The second-order valence-electron chi connectivity index (χ2n) is 6.20. The highest BCUT2D eigenvalue weighted by molar-refractivity contribution is 5.85. The molecule has 1 unspecified atom stereocenters. The number of rotatable bonds is 4. The van der Waals surface area contributed by atoms with E-state index in [1.165, 1.54) is 12.1 Å². The zero-order valence-electron chi connectivity index (χ0n) is 13.6. The van der Waals surface area contributed by atoms with Gasteiger partial charge in [0.25, 0.3) is 0 Å². The number of nitrogens with one attached hydrogen (secondary N) is 3. The number of nitrogens with zero attached hydrogens (tertiary/aromatic N) is 1. The molecule has 0 spiro atoms. The number of aromatic amines is 1. The summed E-state index contributed by atoms with van der Waals surface area (Å²) >= 11 is 0. The quantitative estimate of drug-likeness (QED) is 0.793. The third-order valence-corrected chi connectivity index (χ3v) is 2.97. The van der Waals surface area contributed by atoms with E-state index in [0.29, 0.717) is 5.69 Å². The number of aromatic nitrogens is 2. The van der Waals surface area contributed by atoms with Gasteiger partial charge in [-0.3, -0.25) is 10.4 Å². The summed E-state index contributed by atoms with van der Waals surface area (Å²) in [7, 11) is 0. The molecule has 0 aliphatic rings. The highest BCUT2D eigenvalue weighted by atomic mass is 19.1. The van der Waals surface area contributed by atoms with Gasteiger partial charge < -0.3 is 10.1 Å². The summed E-state index contributed by atoms with van der Waals surface area (Å²) in [6.45, 7) is 7.17. The molecule has 1 heterocycles. The molecule has 23 heavy (non-hydrogen) atoms. The van der Waals surface area contributed by atoms with Crippen LogP contribution >= 0.6 is 0 Å². The maximum atomic E-state index is 13.9. The number of carbonyl (C=O) groups excluding carboxylic acids is 1. The lowest BCUT2D eigenvalue weighted by atomic mass is 10.2. The number of hydrogen-bond acceptors (Lipinski definition) is 4. The highest BCUT2D eigenvalue weighted by Crippen LogP contribution is 2.23. The molecular formula is C16H21FN4O2. The lowest BCUT2D eigenvalue weighted by molar-refractivity contribution is 0.0635. The van der Waals surface area contributed by atoms with E-state index in [-0.39, 0.29) is 11.7 Å². The predicted molar refractivity (Wildman–Crippen MR) is 86.9 cm³/mol. The zero-order chi connectivity index (χ0) is 17.0. The molecule has 2 rings (SSSR count). The molecule has 7 heteroatoms. The van der Waals surface area contributed by atoms with Crippen LogP contribution in [0.4, 0.5) is 20.6 Å². The molecule has 124 valence electrons. The third kappa shape index (κ3) is 4.98. The van der Waals surface area contributed by atoms with Gasteiger partial charge >= 0.3 is 6.09 Å². The summed E-state index contributed by atoms with van der Waals surface area (Å²) in [6.07, 6.45) is 0.961. The van der Waals surface area contributed by atoms with Crippen molar-refractivity contribution in [2.45, 2.75) is 39.3 Å². The third-order valence-electron chi connectivity index (χ3n) is 2.97. The Labute approximate surface area is 134 Å². The fourth-order valence-electron chi connectivity index (χ4n) is 1.96. The summed E-state index contributed by atoms with van der Waals surface area (Å²) in [5, 5.41) is 12.4. The summed E-state index contributed by atoms with van der Waals surface area (Å²) in [4.78, 5) is 11.8. The van der Waals surface area contributed by atoms with Crippen LogP contribution in [0, 0.1) is 5.82 Å². The maximum absolute atomic E-state index is 13.9. The van der Waals surface area contributed by atoms with Crippen molar-refractivity contribution in [3.05, 3.63) is 42.0 Å². The second-order valence-corrected chi connectivity index (χ2v) is 6.20. The fourth-order valence-corrected chi connectivity index (χ4v) is 1.96. The standard InChI is InChI=1S/C16H21FN4O2/c1-10(13-7-8-18-21-13)19-11-5-6-12(17)14(9-11)20-15(22)23-16(2,3)4/h5-10,19H,1-4H3,(H,18,21)(H,20,22). The van der Waals surface area contributed by atoms with Crippen molar-refractivity contribution in [3.63, 3.8) is 0 Å². The minimum absolute atomic E-state index is 0.0441. The van der Waals surface area contributed by atoms with E-state index in [2.05, 4.69) is 20.8 Å². The maximum Gasteiger partial charge on any atom is 0.412 e. The van der Waals surface area contributed by atoms with Gasteiger partial charge in [-0.1, -0.05) is 0 Å². The monoisotopic (exact) mass is 320 g/mol. The summed E-state index contributed by atoms with van der Waals surface area (Å²) < 4.78 is 19.0. The first kappa shape index (κ1) is 16.8. The van der Waals surface area contributed by atoms with Gasteiger partial charge in [0, 0.05) is 11.9 Å². The SMILES string of the molecule is CC(Nc1ccc(F)c(NC(=O)OC(C)(C)C)c1)c1ccn[nH]1. The van der Waals surface area contributed by atoms with Crippen LogP contribution in [0.15, 0.2) is 30.5 Å². The smallest absolute Gasteiger partial charge is 0.412 e. The molecular weight excluding hydrogens is 299 g/mol. The van der Waals surface area contributed by atoms with Gasteiger partial charge in [-0.25, -0.2) is 9.18 Å². The van der Waals surface area contributed by atoms with Crippen molar-refractivity contribution in [2.75, 3.05) is 10.6 Å². The Bertz CT molecular complexity index is 665. The molecule has 0 aliphatic heterocycles. The van der Waals surface area contributed by atoms with Crippen LogP contribution in [-0.4, -0.2) is 21.9 Å². The van der Waals surface area contributed by atoms with Gasteiger partial charge in [0.2, 0.25) is 0 Å².